The topological polar surface area (TPSA) is 108 Å². The molecule has 1 rings (SSSR count). The van der Waals surface area contributed by atoms with Crippen molar-refractivity contribution in [1.82, 2.24) is 15.6 Å². The van der Waals surface area contributed by atoms with E-state index in [1.165, 1.54) is 12.3 Å². The highest BCUT2D eigenvalue weighted by Crippen LogP contribution is 2.09. The third-order valence-electron chi connectivity index (χ3n) is 2.00. The molecule has 8 heteroatoms. The number of aromatic nitrogens is 1. The molecule has 0 saturated carbocycles. The average molecular weight is 271 g/mol. The van der Waals surface area contributed by atoms with Gasteiger partial charge in [-0.15, -0.1) is 11.3 Å². The van der Waals surface area contributed by atoms with E-state index in [0.29, 0.717) is 5.01 Å². The predicted molar refractivity (Wildman–Crippen MR) is 64.2 cm³/mol. The van der Waals surface area contributed by atoms with Gasteiger partial charge in [-0.05, 0) is 6.92 Å². The van der Waals surface area contributed by atoms with Crippen LogP contribution in [0.4, 0.5) is 0 Å². The maximum Gasteiger partial charge on any atom is 0.355 e. The van der Waals surface area contributed by atoms with Crippen LogP contribution < -0.4 is 10.6 Å². The zero-order chi connectivity index (χ0) is 13.7. The van der Waals surface area contributed by atoms with Gasteiger partial charge in [-0.3, -0.25) is 9.59 Å². The molecule has 1 aromatic heterocycles. The zero-order valence-electron chi connectivity index (χ0n) is 9.89. The fraction of sp³-hybridized carbons (Fsp3) is 0.400. The van der Waals surface area contributed by atoms with E-state index in [2.05, 4.69) is 15.6 Å². The summed E-state index contributed by atoms with van der Waals surface area (Å²) in [4.78, 5) is 36.7. The number of carbonyl (C=O) groups is 3. The van der Waals surface area contributed by atoms with Crippen LogP contribution in [0.5, 0.6) is 0 Å². The number of nitrogens with zero attached hydrogens (tertiary/aromatic N) is 1. The van der Waals surface area contributed by atoms with E-state index in [-0.39, 0.29) is 24.1 Å². The molecule has 0 aliphatic rings. The van der Waals surface area contributed by atoms with Crippen molar-refractivity contribution in [3.8, 4) is 0 Å². The number of rotatable bonds is 5. The summed E-state index contributed by atoms with van der Waals surface area (Å²) < 4.78 is 0. The van der Waals surface area contributed by atoms with Crippen LogP contribution in [0, 0.1) is 0 Å². The first-order chi connectivity index (χ1) is 8.40. The quantitative estimate of drug-likeness (QED) is 0.697. The lowest BCUT2D eigenvalue weighted by atomic mass is 10.3. The molecule has 0 saturated heterocycles. The number of amides is 2. The van der Waals surface area contributed by atoms with E-state index < -0.39 is 12.0 Å². The molecule has 98 valence electrons. The zero-order valence-corrected chi connectivity index (χ0v) is 10.7. The van der Waals surface area contributed by atoms with E-state index in [9.17, 15) is 14.4 Å². The third kappa shape index (κ3) is 4.13. The highest BCUT2D eigenvalue weighted by atomic mass is 32.1. The molecule has 3 N–H and O–H groups in total. The van der Waals surface area contributed by atoms with Crippen LogP contribution in [0.1, 0.15) is 29.3 Å². The largest absolute Gasteiger partial charge is 0.476 e. The summed E-state index contributed by atoms with van der Waals surface area (Å²) in [6.45, 7) is 3.02. The van der Waals surface area contributed by atoms with Crippen LogP contribution in [-0.4, -0.2) is 33.9 Å². The van der Waals surface area contributed by atoms with Gasteiger partial charge in [0.1, 0.15) is 11.0 Å². The van der Waals surface area contributed by atoms with Crippen LogP contribution in [0.2, 0.25) is 0 Å². The van der Waals surface area contributed by atoms with Crippen molar-refractivity contribution in [2.75, 3.05) is 0 Å². The molecule has 1 aromatic rings. The molecule has 2 amide bonds. The lowest BCUT2D eigenvalue weighted by molar-refractivity contribution is -0.127. The van der Waals surface area contributed by atoms with E-state index in [4.69, 9.17) is 5.11 Å². The average Bonchev–Trinajstić information content (AvgIpc) is 2.73. The molecule has 7 nitrogen and oxygen atoms in total. The molecule has 1 atom stereocenters. The molecule has 0 radical (unpaired) electrons. The summed E-state index contributed by atoms with van der Waals surface area (Å²) in [6, 6.07) is -0.638. The molecule has 0 fully saturated rings. The second-order valence-electron chi connectivity index (χ2n) is 3.57. The van der Waals surface area contributed by atoms with Crippen molar-refractivity contribution in [3.63, 3.8) is 0 Å². The van der Waals surface area contributed by atoms with Crippen LogP contribution in [0.25, 0.3) is 0 Å². The van der Waals surface area contributed by atoms with Crippen LogP contribution in [0.3, 0.4) is 0 Å². The maximum absolute atomic E-state index is 11.5. The van der Waals surface area contributed by atoms with Gasteiger partial charge in [-0.2, -0.15) is 0 Å². The third-order valence-corrected chi connectivity index (χ3v) is 2.85. The summed E-state index contributed by atoms with van der Waals surface area (Å²) in [5, 5.41) is 15.6. The number of carboxylic acid groups (broad SMARTS) is 1. The maximum atomic E-state index is 11.5. The van der Waals surface area contributed by atoms with Gasteiger partial charge in [0.2, 0.25) is 11.8 Å². The second-order valence-corrected chi connectivity index (χ2v) is 4.51. The molecule has 0 spiro atoms. The Morgan fingerprint density at radius 2 is 2.17 bits per heavy atom. The Hall–Kier alpha value is -1.96. The molecule has 1 heterocycles. The second kappa shape index (κ2) is 6.10. The molecule has 0 aliphatic carbocycles. The highest BCUT2D eigenvalue weighted by molar-refractivity contribution is 7.09. The van der Waals surface area contributed by atoms with Gasteiger partial charge in [-0.25, -0.2) is 9.78 Å². The number of nitrogens with one attached hydrogen (secondary N) is 2. The number of hydrogen-bond donors (Lipinski definition) is 3. The van der Waals surface area contributed by atoms with E-state index >= 15 is 0 Å². The van der Waals surface area contributed by atoms with Gasteiger partial charge in [0.15, 0.2) is 5.69 Å². The number of hydrogen-bond acceptors (Lipinski definition) is 5. The Morgan fingerprint density at radius 1 is 1.50 bits per heavy atom. The number of aromatic carboxylic acids is 1. The van der Waals surface area contributed by atoms with Crippen LogP contribution in [0.15, 0.2) is 5.38 Å². The van der Waals surface area contributed by atoms with E-state index in [1.807, 2.05) is 0 Å². The fourth-order valence-corrected chi connectivity index (χ4v) is 1.88. The number of carbonyl (C=O) groups excluding carboxylic acids is 2. The lowest BCUT2D eigenvalue weighted by Crippen LogP contribution is -2.43. The standard InChI is InChI=1S/C10H13N3O4S/c1-5(12-6(2)14)9(15)11-3-8-13-7(4-18-8)10(16)17/h4-5H,3H2,1-2H3,(H,11,15)(H,12,14)(H,16,17). The van der Waals surface area contributed by atoms with Gasteiger partial charge in [0.25, 0.3) is 0 Å². The van der Waals surface area contributed by atoms with Crippen molar-refractivity contribution in [2.24, 2.45) is 0 Å². The normalized spacial score (nSPS) is 11.7. The van der Waals surface area contributed by atoms with Crippen LogP contribution in [-0.2, 0) is 16.1 Å². The molecular formula is C10H13N3O4S. The van der Waals surface area contributed by atoms with Crippen molar-refractivity contribution >= 4 is 29.1 Å². The van der Waals surface area contributed by atoms with Gasteiger partial charge in [0, 0.05) is 12.3 Å². The SMILES string of the molecule is CC(=O)NC(C)C(=O)NCc1nc(C(=O)O)cs1. The highest BCUT2D eigenvalue weighted by Gasteiger charge is 2.14. The van der Waals surface area contributed by atoms with Gasteiger partial charge in [-0.1, -0.05) is 0 Å². The summed E-state index contributed by atoms with van der Waals surface area (Å²) in [5.74, 6) is -1.74. The monoisotopic (exact) mass is 271 g/mol. The summed E-state index contributed by atoms with van der Waals surface area (Å²) in [7, 11) is 0. The molecule has 0 aliphatic heterocycles. The summed E-state index contributed by atoms with van der Waals surface area (Å²) in [6.07, 6.45) is 0. The minimum Gasteiger partial charge on any atom is -0.476 e. The molecule has 0 aromatic carbocycles. The smallest absolute Gasteiger partial charge is 0.355 e. The summed E-state index contributed by atoms with van der Waals surface area (Å²) in [5.41, 5.74) is -0.0424. The van der Waals surface area contributed by atoms with Gasteiger partial charge in [0.05, 0.1) is 6.54 Å². The first kappa shape index (κ1) is 14.1. The minimum absolute atomic E-state index is 0.0424. The molecule has 1 unspecified atom stereocenters. The van der Waals surface area contributed by atoms with Gasteiger partial charge < -0.3 is 15.7 Å². The van der Waals surface area contributed by atoms with Crippen molar-refractivity contribution in [1.29, 1.82) is 0 Å². The van der Waals surface area contributed by atoms with E-state index in [1.54, 1.807) is 6.92 Å². The molecular weight excluding hydrogens is 258 g/mol. The molecule has 18 heavy (non-hydrogen) atoms. The first-order valence-electron chi connectivity index (χ1n) is 5.12. The fourth-order valence-electron chi connectivity index (χ4n) is 1.18. The number of thiazole rings is 1. The Bertz CT molecular complexity index is 471. The Kier molecular flexibility index (Phi) is 4.78. The van der Waals surface area contributed by atoms with Crippen molar-refractivity contribution in [2.45, 2.75) is 26.4 Å². The van der Waals surface area contributed by atoms with Gasteiger partial charge >= 0.3 is 5.97 Å². The Labute approximate surface area is 107 Å². The Morgan fingerprint density at radius 3 is 2.67 bits per heavy atom. The first-order valence-corrected chi connectivity index (χ1v) is 6.00. The number of carboxylic acids is 1. The minimum atomic E-state index is -1.10. The lowest BCUT2D eigenvalue weighted by Gasteiger charge is -2.11. The molecule has 0 bridgehead atoms. The van der Waals surface area contributed by atoms with E-state index in [0.717, 1.165) is 11.3 Å². The Balaban J connectivity index is 2.46. The van der Waals surface area contributed by atoms with Crippen molar-refractivity contribution < 1.29 is 19.5 Å². The summed E-state index contributed by atoms with van der Waals surface area (Å²) >= 11 is 1.15. The van der Waals surface area contributed by atoms with Crippen molar-refractivity contribution in [3.05, 3.63) is 16.1 Å². The predicted octanol–water partition coefficient (Wildman–Crippen LogP) is -0.0179. The van der Waals surface area contributed by atoms with Crippen LogP contribution >= 0.6 is 11.3 Å².